The summed E-state index contributed by atoms with van der Waals surface area (Å²) in [7, 11) is 0. The van der Waals surface area contributed by atoms with Gasteiger partial charge in [-0.1, -0.05) is 31.8 Å². The summed E-state index contributed by atoms with van der Waals surface area (Å²) < 4.78 is 15.3. The molecular weight excluding hydrogens is 360 g/mol. The monoisotopic (exact) mass is 390 g/mol. The van der Waals surface area contributed by atoms with E-state index in [1.54, 1.807) is 6.92 Å². The molecule has 0 fully saturated rings. The van der Waals surface area contributed by atoms with Crippen LogP contribution in [0.15, 0.2) is 35.8 Å². The number of ether oxygens (including phenoxy) is 3. The quantitative estimate of drug-likeness (QED) is 0.203. The highest BCUT2D eigenvalue weighted by molar-refractivity contribution is 5.68. The maximum Gasteiger partial charge on any atom is 0.307 e. The molecule has 0 aromatic heterocycles. The van der Waals surface area contributed by atoms with Crippen molar-refractivity contribution in [1.82, 2.24) is 0 Å². The van der Waals surface area contributed by atoms with Crippen LogP contribution >= 0.6 is 0 Å². The van der Waals surface area contributed by atoms with Crippen molar-refractivity contribution in [3.63, 3.8) is 0 Å². The molecule has 28 heavy (non-hydrogen) atoms. The Morgan fingerprint density at radius 2 is 1.61 bits per heavy atom. The van der Waals surface area contributed by atoms with Crippen LogP contribution in [0.1, 0.15) is 61.3 Å². The Kier molecular flexibility index (Phi) is 11.3. The van der Waals surface area contributed by atoms with Gasteiger partial charge in [-0.05, 0) is 31.4 Å². The predicted molar refractivity (Wildman–Crippen MR) is 107 cm³/mol. The number of hydrogen-bond donors (Lipinski definition) is 0. The lowest BCUT2D eigenvalue weighted by atomic mass is 9.91. The normalized spacial score (nSPS) is 14.1. The maximum absolute atomic E-state index is 11.7. The van der Waals surface area contributed by atoms with E-state index in [-0.39, 0.29) is 6.42 Å². The fourth-order valence-corrected chi connectivity index (χ4v) is 2.02. The molecule has 0 amide bonds. The van der Waals surface area contributed by atoms with Crippen molar-refractivity contribution in [2.45, 2.75) is 66.9 Å². The minimum atomic E-state index is -1.15. The van der Waals surface area contributed by atoms with Gasteiger partial charge in [-0.25, -0.2) is 0 Å². The Balaban J connectivity index is 5.77. The molecule has 0 rings (SSSR count). The van der Waals surface area contributed by atoms with E-state index in [0.29, 0.717) is 11.5 Å². The van der Waals surface area contributed by atoms with E-state index >= 15 is 0 Å². The standard InChI is InChI=1S/C22H30O6/c1-16(2)9-8-10-17(3)11-13-22(7,28-20(6)25)21(15-27-19(5)24)12-14-26-18(4)23/h11-12,14-16H,9,13H2,1-7H3. The van der Waals surface area contributed by atoms with Gasteiger partial charge in [-0.2, -0.15) is 0 Å². The minimum absolute atomic E-state index is 0.284. The van der Waals surface area contributed by atoms with E-state index < -0.39 is 23.5 Å². The Hall–Kier alpha value is -2.81. The third-order valence-corrected chi connectivity index (χ3v) is 3.41. The summed E-state index contributed by atoms with van der Waals surface area (Å²) in [5.74, 6) is 5.10. The first kappa shape index (κ1) is 25.2. The molecule has 0 aliphatic carbocycles. The molecule has 0 heterocycles. The van der Waals surface area contributed by atoms with E-state index in [0.717, 1.165) is 18.3 Å². The van der Waals surface area contributed by atoms with E-state index in [9.17, 15) is 14.4 Å². The highest BCUT2D eigenvalue weighted by Crippen LogP contribution is 2.28. The zero-order valence-electron chi connectivity index (χ0n) is 17.8. The average molecular weight is 390 g/mol. The molecule has 0 bridgehead atoms. The lowest BCUT2D eigenvalue weighted by molar-refractivity contribution is -0.151. The van der Waals surface area contributed by atoms with E-state index in [1.807, 2.05) is 13.0 Å². The first-order chi connectivity index (χ1) is 13.0. The van der Waals surface area contributed by atoms with Gasteiger partial charge >= 0.3 is 17.9 Å². The number of hydrogen-bond acceptors (Lipinski definition) is 6. The molecule has 6 heteroatoms. The molecule has 0 saturated heterocycles. The number of carbonyl (C=O) groups is 3. The highest BCUT2D eigenvalue weighted by Gasteiger charge is 2.31. The van der Waals surface area contributed by atoms with Crippen LogP contribution in [-0.4, -0.2) is 23.5 Å². The van der Waals surface area contributed by atoms with Crippen molar-refractivity contribution >= 4 is 17.9 Å². The van der Waals surface area contributed by atoms with Gasteiger partial charge in [0.25, 0.3) is 0 Å². The molecular formula is C22H30O6. The molecule has 0 aromatic rings. The molecule has 1 unspecified atom stereocenters. The van der Waals surface area contributed by atoms with Gasteiger partial charge in [0.1, 0.15) is 11.9 Å². The van der Waals surface area contributed by atoms with Crippen molar-refractivity contribution in [2.75, 3.05) is 0 Å². The van der Waals surface area contributed by atoms with Gasteiger partial charge < -0.3 is 14.2 Å². The lowest BCUT2D eigenvalue weighted by Gasteiger charge is -2.29. The third kappa shape index (κ3) is 11.7. The molecule has 0 aliphatic rings. The van der Waals surface area contributed by atoms with E-state index in [2.05, 4.69) is 25.7 Å². The second-order valence-electron chi connectivity index (χ2n) is 6.91. The van der Waals surface area contributed by atoms with Crippen LogP contribution in [-0.2, 0) is 28.6 Å². The molecule has 154 valence electrons. The predicted octanol–water partition coefficient (Wildman–Crippen LogP) is 4.22. The van der Waals surface area contributed by atoms with Gasteiger partial charge in [0.05, 0.1) is 6.26 Å². The zero-order valence-corrected chi connectivity index (χ0v) is 17.8. The first-order valence-electron chi connectivity index (χ1n) is 9.03. The van der Waals surface area contributed by atoms with Crippen molar-refractivity contribution in [3.05, 3.63) is 35.8 Å². The number of esters is 3. The summed E-state index contributed by atoms with van der Waals surface area (Å²) in [6, 6.07) is 0. The molecule has 0 N–H and O–H groups in total. The Bertz CT molecular complexity index is 715. The average Bonchev–Trinajstić information content (AvgIpc) is 2.54. The van der Waals surface area contributed by atoms with E-state index in [1.165, 1.54) is 33.1 Å². The molecule has 0 radical (unpaired) electrons. The SMILES string of the molecule is CC(=O)OC=CC(=COC(C)=O)C(C)(CC=C(C)C#CCC(C)C)OC(C)=O. The highest BCUT2D eigenvalue weighted by atomic mass is 16.6. The largest absolute Gasteiger partial charge is 0.454 e. The Labute approximate surface area is 167 Å². The van der Waals surface area contributed by atoms with Crippen molar-refractivity contribution < 1.29 is 28.6 Å². The fourth-order valence-electron chi connectivity index (χ4n) is 2.02. The van der Waals surface area contributed by atoms with Crippen LogP contribution < -0.4 is 0 Å². The molecule has 1 atom stereocenters. The van der Waals surface area contributed by atoms with Crippen LogP contribution in [0.25, 0.3) is 0 Å². The smallest absolute Gasteiger partial charge is 0.307 e. The topological polar surface area (TPSA) is 78.9 Å². The second kappa shape index (κ2) is 12.6. The molecule has 0 aliphatic heterocycles. The van der Waals surface area contributed by atoms with Gasteiger partial charge in [-0.3, -0.25) is 14.4 Å². The van der Waals surface area contributed by atoms with Gasteiger partial charge in [0.15, 0.2) is 0 Å². The zero-order chi connectivity index (χ0) is 21.7. The van der Waals surface area contributed by atoms with Gasteiger partial charge in [-0.15, -0.1) is 0 Å². The van der Waals surface area contributed by atoms with Crippen LogP contribution in [0, 0.1) is 17.8 Å². The van der Waals surface area contributed by atoms with Crippen LogP contribution in [0.5, 0.6) is 0 Å². The summed E-state index contributed by atoms with van der Waals surface area (Å²) >= 11 is 0. The van der Waals surface area contributed by atoms with Crippen LogP contribution in [0.3, 0.4) is 0 Å². The molecule has 6 nitrogen and oxygen atoms in total. The maximum atomic E-state index is 11.7. The summed E-state index contributed by atoms with van der Waals surface area (Å²) in [6.45, 7) is 11.5. The van der Waals surface area contributed by atoms with Crippen molar-refractivity contribution in [2.24, 2.45) is 5.92 Å². The molecule has 0 saturated carbocycles. The summed E-state index contributed by atoms with van der Waals surface area (Å²) in [4.78, 5) is 33.9. The Morgan fingerprint density at radius 1 is 1.00 bits per heavy atom. The first-order valence-corrected chi connectivity index (χ1v) is 9.03. The molecule has 0 aromatic carbocycles. The molecule has 0 spiro atoms. The van der Waals surface area contributed by atoms with Gasteiger partial charge in [0, 0.05) is 39.2 Å². The number of allylic oxidation sites excluding steroid dienone is 1. The van der Waals surface area contributed by atoms with Crippen molar-refractivity contribution in [3.8, 4) is 11.8 Å². The van der Waals surface area contributed by atoms with Crippen molar-refractivity contribution in [1.29, 1.82) is 0 Å². The fraction of sp³-hybridized carbons (Fsp3) is 0.500. The summed E-state index contributed by atoms with van der Waals surface area (Å²) in [5.41, 5.74) is 0.0204. The lowest BCUT2D eigenvalue weighted by Crippen LogP contribution is -2.32. The van der Waals surface area contributed by atoms with Crippen LogP contribution in [0.2, 0.25) is 0 Å². The Morgan fingerprint density at radius 3 is 2.11 bits per heavy atom. The second-order valence-corrected chi connectivity index (χ2v) is 6.91. The van der Waals surface area contributed by atoms with E-state index in [4.69, 9.17) is 14.2 Å². The van der Waals surface area contributed by atoms with Crippen LogP contribution in [0.4, 0.5) is 0 Å². The summed E-state index contributed by atoms with van der Waals surface area (Å²) in [5, 5.41) is 0. The number of rotatable bonds is 8. The minimum Gasteiger partial charge on any atom is -0.454 e. The summed E-state index contributed by atoms with van der Waals surface area (Å²) in [6.07, 6.45) is 6.66. The van der Waals surface area contributed by atoms with Gasteiger partial charge in [0.2, 0.25) is 0 Å². The third-order valence-electron chi connectivity index (χ3n) is 3.41. The number of carbonyl (C=O) groups excluding carboxylic acids is 3.